The van der Waals surface area contributed by atoms with Crippen molar-refractivity contribution in [3.63, 3.8) is 0 Å². The number of rotatable bonds is 5. The zero-order valence-electron chi connectivity index (χ0n) is 7.82. The molecular formula is C11H17NO. The van der Waals surface area contributed by atoms with Crippen LogP contribution in [0.3, 0.4) is 0 Å². The Morgan fingerprint density at radius 1 is 1.23 bits per heavy atom. The van der Waals surface area contributed by atoms with Crippen molar-refractivity contribution in [3.05, 3.63) is 35.9 Å². The molecule has 0 saturated heterocycles. The van der Waals surface area contributed by atoms with Gasteiger partial charge in [0.1, 0.15) is 0 Å². The monoisotopic (exact) mass is 179 g/mol. The van der Waals surface area contributed by atoms with Crippen molar-refractivity contribution >= 4 is 0 Å². The molecule has 0 bridgehead atoms. The van der Waals surface area contributed by atoms with Gasteiger partial charge in [-0.15, -0.1) is 0 Å². The molecule has 0 unspecified atom stereocenters. The Hall–Kier alpha value is -0.860. The highest BCUT2D eigenvalue weighted by Crippen LogP contribution is 2.10. The Morgan fingerprint density at radius 2 is 1.92 bits per heavy atom. The van der Waals surface area contributed by atoms with Gasteiger partial charge in [-0.05, 0) is 30.9 Å². The third kappa shape index (κ3) is 3.57. The maximum absolute atomic E-state index is 9.06. The highest BCUT2D eigenvalue weighted by molar-refractivity contribution is 5.15. The lowest BCUT2D eigenvalue weighted by molar-refractivity contribution is 0.219. The van der Waals surface area contributed by atoms with E-state index >= 15 is 0 Å². The largest absolute Gasteiger partial charge is 0.396 e. The first-order chi connectivity index (χ1) is 6.36. The smallest absolute Gasteiger partial charge is 0.0462 e. The van der Waals surface area contributed by atoms with E-state index in [-0.39, 0.29) is 6.61 Å². The van der Waals surface area contributed by atoms with Gasteiger partial charge in [-0.3, -0.25) is 0 Å². The molecule has 0 heterocycles. The highest BCUT2D eigenvalue weighted by Gasteiger charge is 2.06. The van der Waals surface area contributed by atoms with Crippen LogP contribution in [0.1, 0.15) is 12.0 Å². The normalized spacial score (nSPS) is 12.8. The summed E-state index contributed by atoms with van der Waals surface area (Å²) in [5.41, 5.74) is 6.72. The molecule has 13 heavy (non-hydrogen) atoms. The van der Waals surface area contributed by atoms with Gasteiger partial charge in [-0.25, -0.2) is 0 Å². The second-order valence-electron chi connectivity index (χ2n) is 3.32. The van der Waals surface area contributed by atoms with Gasteiger partial charge in [-0.1, -0.05) is 30.3 Å². The van der Waals surface area contributed by atoms with Crippen LogP contribution in [-0.2, 0) is 6.42 Å². The van der Waals surface area contributed by atoms with Crippen LogP contribution in [0.2, 0.25) is 0 Å². The molecule has 0 saturated carbocycles. The Morgan fingerprint density at radius 3 is 2.46 bits per heavy atom. The minimum absolute atomic E-state index is 0.228. The maximum Gasteiger partial charge on any atom is 0.0462 e. The average Bonchev–Trinajstić information content (AvgIpc) is 2.19. The van der Waals surface area contributed by atoms with Gasteiger partial charge in [0, 0.05) is 6.61 Å². The third-order valence-corrected chi connectivity index (χ3v) is 2.20. The Labute approximate surface area is 79.4 Å². The summed E-state index contributed by atoms with van der Waals surface area (Å²) in [4.78, 5) is 0. The van der Waals surface area contributed by atoms with E-state index in [2.05, 4.69) is 12.1 Å². The minimum atomic E-state index is 0.228. The lowest BCUT2D eigenvalue weighted by Gasteiger charge is -2.12. The molecule has 0 radical (unpaired) electrons. The number of benzene rings is 1. The van der Waals surface area contributed by atoms with Crippen LogP contribution in [0, 0.1) is 5.92 Å². The lowest BCUT2D eigenvalue weighted by atomic mass is 9.97. The van der Waals surface area contributed by atoms with Crippen LogP contribution in [0.15, 0.2) is 30.3 Å². The summed E-state index contributed by atoms with van der Waals surface area (Å²) < 4.78 is 0. The Balaban J connectivity index is 2.46. The second kappa shape index (κ2) is 5.73. The highest BCUT2D eigenvalue weighted by atomic mass is 16.3. The molecule has 0 aromatic heterocycles. The molecule has 0 amide bonds. The topological polar surface area (TPSA) is 46.2 Å². The fourth-order valence-electron chi connectivity index (χ4n) is 1.44. The number of hydrogen-bond donors (Lipinski definition) is 2. The van der Waals surface area contributed by atoms with Gasteiger partial charge in [0.05, 0.1) is 0 Å². The van der Waals surface area contributed by atoms with Gasteiger partial charge in [-0.2, -0.15) is 0 Å². The summed E-state index contributed by atoms with van der Waals surface area (Å²) in [6, 6.07) is 10.2. The minimum Gasteiger partial charge on any atom is -0.396 e. The standard InChI is InChI=1S/C11H17NO/c12-7-6-11(9-13)8-10-4-2-1-3-5-10/h1-5,11,13H,6-9,12H2/t11-/m1/s1. The molecule has 0 aliphatic heterocycles. The predicted octanol–water partition coefficient (Wildman–Crippen LogP) is 1.19. The van der Waals surface area contributed by atoms with Crippen molar-refractivity contribution in [2.45, 2.75) is 12.8 Å². The molecule has 2 heteroatoms. The molecule has 0 fully saturated rings. The van der Waals surface area contributed by atoms with Crippen LogP contribution >= 0.6 is 0 Å². The molecule has 1 aromatic rings. The molecule has 0 aliphatic carbocycles. The zero-order chi connectivity index (χ0) is 9.52. The van der Waals surface area contributed by atoms with E-state index < -0.39 is 0 Å². The van der Waals surface area contributed by atoms with E-state index in [0.717, 1.165) is 12.8 Å². The fourth-order valence-corrected chi connectivity index (χ4v) is 1.44. The summed E-state index contributed by atoms with van der Waals surface area (Å²) in [7, 11) is 0. The molecule has 1 aromatic carbocycles. The quantitative estimate of drug-likeness (QED) is 0.713. The Bertz CT molecular complexity index is 223. The second-order valence-corrected chi connectivity index (χ2v) is 3.32. The summed E-state index contributed by atoms with van der Waals surface area (Å²) in [6.45, 7) is 0.879. The van der Waals surface area contributed by atoms with E-state index in [0.29, 0.717) is 12.5 Å². The molecule has 2 nitrogen and oxygen atoms in total. The number of nitrogens with two attached hydrogens (primary N) is 1. The van der Waals surface area contributed by atoms with Crippen molar-refractivity contribution in [1.29, 1.82) is 0 Å². The van der Waals surface area contributed by atoms with Crippen LogP contribution < -0.4 is 5.73 Å². The van der Waals surface area contributed by atoms with E-state index in [1.54, 1.807) is 0 Å². The number of aliphatic hydroxyl groups is 1. The summed E-state index contributed by atoms with van der Waals surface area (Å²) in [5, 5.41) is 9.06. The van der Waals surface area contributed by atoms with Crippen molar-refractivity contribution in [3.8, 4) is 0 Å². The van der Waals surface area contributed by atoms with Gasteiger partial charge in [0.2, 0.25) is 0 Å². The maximum atomic E-state index is 9.06. The van der Waals surface area contributed by atoms with E-state index in [1.165, 1.54) is 5.56 Å². The molecule has 3 N–H and O–H groups in total. The SMILES string of the molecule is NCC[C@@H](CO)Cc1ccccc1. The summed E-state index contributed by atoms with van der Waals surface area (Å²) in [5.74, 6) is 0.312. The fraction of sp³-hybridized carbons (Fsp3) is 0.455. The predicted molar refractivity (Wildman–Crippen MR) is 54.4 cm³/mol. The average molecular weight is 179 g/mol. The van der Waals surface area contributed by atoms with Crippen LogP contribution in [0.25, 0.3) is 0 Å². The van der Waals surface area contributed by atoms with E-state index in [1.807, 2.05) is 18.2 Å². The molecule has 0 spiro atoms. The molecule has 0 aliphatic rings. The third-order valence-electron chi connectivity index (χ3n) is 2.20. The first kappa shape index (κ1) is 10.2. The van der Waals surface area contributed by atoms with Crippen LogP contribution in [-0.4, -0.2) is 18.3 Å². The summed E-state index contributed by atoms with van der Waals surface area (Å²) >= 11 is 0. The van der Waals surface area contributed by atoms with Gasteiger partial charge < -0.3 is 10.8 Å². The van der Waals surface area contributed by atoms with Crippen LogP contribution in [0.5, 0.6) is 0 Å². The molecular weight excluding hydrogens is 162 g/mol. The summed E-state index contributed by atoms with van der Waals surface area (Å²) in [6.07, 6.45) is 1.82. The van der Waals surface area contributed by atoms with Crippen molar-refractivity contribution in [1.82, 2.24) is 0 Å². The number of hydrogen-bond acceptors (Lipinski definition) is 2. The van der Waals surface area contributed by atoms with Crippen molar-refractivity contribution < 1.29 is 5.11 Å². The van der Waals surface area contributed by atoms with E-state index in [4.69, 9.17) is 10.8 Å². The zero-order valence-corrected chi connectivity index (χ0v) is 7.82. The van der Waals surface area contributed by atoms with Gasteiger partial charge >= 0.3 is 0 Å². The van der Waals surface area contributed by atoms with Crippen LogP contribution in [0.4, 0.5) is 0 Å². The van der Waals surface area contributed by atoms with Gasteiger partial charge in [0.15, 0.2) is 0 Å². The van der Waals surface area contributed by atoms with Gasteiger partial charge in [0.25, 0.3) is 0 Å². The molecule has 1 rings (SSSR count). The molecule has 72 valence electrons. The number of aliphatic hydroxyl groups excluding tert-OH is 1. The van der Waals surface area contributed by atoms with Crippen molar-refractivity contribution in [2.24, 2.45) is 11.7 Å². The van der Waals surface area contributed by atoms with Crippen molar-refractivity contribution in [2.75, 3.05) is 13.2 Å². The Kier molecular flexibility index (Phi) is 4.50. The van der Waals surface area contributed by atoms with E-state index in [9.17, 15) is 0 Å². The first-order valence-electron chi connectivity index (χ1n) is 4.71. The molecule has 1 atom stereocenters. The first-order valence-corrected chi connectivity index (χ1v) is 4.71. The lowest BCUT2D eigenvalue weighted by Crippen LogP contribution is -2.14.